The number of benzene rings is 2. The number of hydrogen-bond acceptors (Lipinski definition) is 8. The molecule has 3 amide bonds. The highest BCUT2D eigenvalue weighted by molar-refractivity contribution is 7.89. The number of rotatable bonds is 6. The molecular weight excluding hydrogens is 457 g/mol. The number of carbonyl (C=O) groups is 4. The highest BCUT2D eigenvalue weighted by Crippen LogP contribution is 2.44. The van der Waals surface area contributed by atoms with E-state index in [4.69, 9.17) is 4.74 Å². The molecule has 2 aromatic rings. The Morgan fingerprint density at radius 1 is 1.06 bits per heavy atom. The summed E-state index contributed by atoms with van der Waals surface area (Å²) in [5.74, 6) is -4.95. The van der Waals surface area contributed by atoms with Gasteiger partial charge in [-0.2, -0.15) is 13.5 Å². The molecule has 0 saturated carbocycles. The van der Waals surface area contributed by atoms with E-state index in [1.165, 1.54) is 0 Å². The first-order valence-corrected chi connectivity index (χ1v) is 11.2. The largest absolute Gasteiger partial charge is 0.449 e. The van der Waals surface area contributed by atoms with Crippen molar-refractivity contribution in [2.75, 3.05) is 13.2 Å². The van der Waals surface area contributed by atoms with Crippen LogP contribution in [0.25, 0.3) is 11.1 Å². The van der Waals surface area contributed by atoms with Crippen molar-refractivity contribution in [1.82, 2.24) is 10.4 Å². The average Bonchev–Trinajstić information content (AvgIpc) is 3.23. The third-order valence-electron chi connectivity index (χ3n) is 5.80. The Balaban J connectivity index is 1.44. The van der Waals surface area contributed by atoms with Crippen LogP contribution in [-0.2, 0) is 29.2 Å². The topological polar surface area (TPSA) is 167 Å². The molecule has 1 heterocycles. The van der Waals surface area contributed by atoms with Gasteiger partial charge in [-0.05, 0) is 22.3 Å². The Bertz CT molecular complexity index is 1240. The molecule has 0 aromatic heterocycles. The van der Waals surface area contributed by atoms with Crippen LogP contribution in [0.5, 0.6) is 0 Å². The number of hydroxylamine groups is 2. The lowest BCUT2D eigenvalue weighted by molar-refractivity contribution is -0.172. The van der Waals surface area contributed by atoms with Crippen LogP contribution < -0.4 is 5.32 Å². The number of amides is 3. The lowest BCUT2D eigenvalue weighted by atomic mass is 9.98. The summed E-state index contributed by atoms with van der Waals surface area (Å²) in [5.41, 5.74) is 3.91. The highest BCUT2D eigenvalue weighted by atomic mass is 32.2. The number of hydrogen-bond donors (Lipinski definition) is 3. The van der Waals surface area contributed by atoms with Crippen LogP contribution in [0.15, 0.2) is 48.5 Å². The molecule has 2 aliphatic rings. The number of alkyl carbamates (subject to hydrolysis) is 1. The first-order valence-electron chi connectivity index (χ1n) is 9.73. The number of ketones is 1. The van der Waals surface area contributed by atoms with Crippen molar-refractivity contribution in [1.29, 1.82) is 0 Å². The fraction of sp³-hybridized carbons (Fsp3) is 0.238. The second-order valence-corrected chi connectivity index (χ2v) is 9.24. The molecule has 1 atom stereocenters. The predicted octanol–water partition coefficient (Wildman–Crippen LogP) is 0.869. The molecule has 1 aliphatic heterocycles. The lowest BCUT2D eigenvalue weighted by Gasteiger charge is -2.21. The summed E-state index contributed by atoms with van der Waals surface area (Å²) in [6.07, 6.45) is -2.36. The fourth-order valence-electron chi connectivity index (χ4n) is 4.16. The molecule has 2 aromatic carbocycles. The summed E-state index contributed by atoms with van der Waals surface area (Å²) >= 11 is 0. The van der Waals surface area contributed by atoms with Gasteiger partial charge in [-0.3, -0.25) is 24.1 Å². The molecule has 3 N–H and O–H groups in total. The number of carbonyl (C=O) groups excluding carboxylic acids is 4. The number of imide groups is 1. The van der Waals surface area contributed by atoms with Gasteiger partial charge in [0.15, 0.2) is 5.78 Å². The molecule has 1 saturated heterocycles. The zero-order valence-corrected chi connectivity index (χ0v) is 17.7. The van der Waals surface area contributed by atoms with E-state index in [1.807, 2.05) is 53.8 Å². The summed E-state index contributed by atoms with van der Waals surface area (Å²) in [4.78, 5) is 48.3. The van der Waals surface area contributed by atoms with Crippen LogP contribution in [0.3, 0.4) is 0 Å². The van der Waals surface area contributed by atoms with E-state index >= 15 is 0 Å². The first kappa shape index (κ1) is 22.6. The Labute approximate surface area is 187 Å². The zero-order chi connectivity index (χ0) is 24.0. The van der Waals surface area contributed by atoms with Crippen LogP contribution in [-0.4, -0.2) is 64.8 Å². The minimum atomic E-state index is -5.43. The standard InChI is InChI=1S/C21H18N2O9S/c24-17(21(33(29,30)31)9-18(25)23(28)19(21)26)10-22-20(27)32-11-16-14-7-3-1-5-12(14)13-6-2-4-8-15(13)16/h1-8,16,28H,9-11H2,(H,22,27)(H,29,30,31)/i20+1. The van der Waals surface area contributed by atoms with Crippen LogP contribution in [0.1, 0.15) is 23.5 Å². The van der Waals surface area contributed by atoms with Gasteiger partial charge in [0.05, 0.1) is 13.0 Å². The van der Waals surface area contributed by atoms with E-state index in [1.54, 1.807) is 0 Å². The Hall–Kier alpha value is -3.61. The SMILES string of the molecule is O=C1CC(C(=O)CN[13C](=O)OCC2c3ccccc3-c3ccccc32)(S(=O)(=O)O)C(=O)N1O. The van der Waals surface area contributed by atoms with Crippen LogP contribution >= 0.6 is 0 Å². The molecule has 0 radical (unpaired) electrons. The smallest absolute Gasteiger partial charge is 0.407 e. The van der Waals surface area contributed by atoms with Gasteiger partial charge in [0.1, 0.15) is 6.61 Å². The minimum absolute atomic E-state index is 0.0840. The third kappa shape index (κ3) is 3.57. The van der Waals surface area contributed by atoms with Crippen molar-refractivity contribution in [2.45, 2.75) is 17.1 Å². The van der Waals surface area contributed by atoms with Crippen LogP contribution in [0.2, 0.25) is 0 Å². The monoisotopic (exact) mass is 475 g/mol. The molecule has 4 rings (SSSR count). The van der Waals surface area contributed by atoms with Crippen molar-refractivity contribution in [3.05, 3.63) is 59.7 Å². The van der Waals surface area contributed by atoms with Gasteiger partial charge in [-0.25, -0.2) is 4.79 Å². The molecule has 1 fully saturated rings. The normalized spacial score (nSPS) is 19.9. The molecule has 172 valence electrons. The quantitative estimate of drug-likeness (QED) is 0.180. The zero-order valence-electron chi connectivity index (χ0n) is 16.9. The number of fused-ring (bicyclic) bond motifs is 3. The van der Waals surface area contributed by atoms with Crippen LogP contribution in [0, 0.1) is 0 Å². The average molecular weight is 475 g/mol. The van der Waals surface area contributed by atoms with Gasteiger partial charge in [-0.1, -0.05) is 48.5 Å². The minimum Gasteiger partial charge on any atom is -0.449 e. The summed E-state index contributed by atoms with van der Waals surface area (Å²) in [6.45, 7) is -1.12. The van der Waals surface area contributed by atoms with Gasteiger partial charge in [0, 0.05) is 5.92 Å². The second-order valence-electron chi connectivity index (χ2n) is 7.59. The third-order valence-corrected chi connectivity index (χ3v) is 7.23. The molecule has 1 unspecified atom stereocenters. The maximum atomic E-state index is 12.5. The van der Waals surface area contributed by atoms with Gasteiger partial charge in [0.2, 0.25) is 4.75 Å². The number of nitrogens with zero attached hydrogens (tertiary/aromatic N) is 1. The summed E-state index contributed by atoms with van der Waals surface area (Å²) in [7, 11) is -5.43. The van der Waals surface area contributed by atoms with Crippen molar-refractivity contribution in [2.24, 2.45) is 0 Å². The van der Waals surface area contributed by atoms with E-state index in [9.17, 15) is 37.4 Å². The number of ether oxygens (including phenoxy) is 1. The molecule has 11 nitrogen and oxygen atoms in total. The second kappa shape index (κ2) is 8.06. The Kier molecular flexibility index (Phi) is 5.52. The van der Waals surface area contributed by atoms with Crippen molar-refractivity contribution < 1.29 is 42.1 Å². The first-order chi connectivity index (χ1) is 15.6. The van der Waals surface area contributed by atoms with Gasteiger partial charge in [0.25, 0.3) is 21.9 Å². The molecule has 12 heteroatoms. The molecule has 1 aliphatic carbocycles. The number of nitrogens with one attached hydrogen (secondary N) is 1. The lowest BCUT2D eigenvalue weighted by Crippen LogP contribution is -2.55. The fourth-order valence-corrected chi connectivity index (χ4v) is 5.13. The van der Waals surface area contributed by atoms with Crippen molar-refractivity contribution in [3.63, 3.8) is 0 Å². The Morgan fingerprint density at radius 2 is 1.61 bits per heavy atom. The molecular formula is C21H18N2O9S. The molecule has 0 bridgehead atoms. The van der Waals surface area contributed by atoms with E-state index < -0.39 is 56.6 Å². The van der Waals surface area contributed by atoms with Crippen LogP contribution in [0.4, 0.5) is 4.79 Å². The van der Waals surface area contributed by atoms with E-state index in [2.05, 4.69) is 0 Å². The van der Waals surface area contributed by atoms with Gasteiger partial charge < -0.3 is 10.1 Å². The van der Waals surface area contributed by atoms with Crippen molar-refractivity contribution >= 4 is 33.8 Å². The maximum absolute atomic E-state index is 12.5. The Morgan fingerprint density at radius 3 is 2.09 bits per heavy atom. The summed E-state index contributed by atoms with van der Waals surface area (Å²) in [6, 6.07) is 15.2. The highest BCUT2D eigenvalue weighted by Gasteiger charge is 2.65. The summed E-state index contributed by atoms with van der Waals surface area (Å²) < 4.78 is 34.9. The van der Waals surface area contributed by atoms with Gasteiger partial charge in [-0.15, -0.1) is 0 Å². The van der Waals surface area contributed by atoms with Gasteiger partial charge >= 0.3 is 6.09 Å². The van der Waals surface area contributed by atoms with Crippen molar-refractivity contribution in [3.8, 4) is 11.1 Å². The number of Topliss-reactive ketones (excluding diaryl/α,β-unsaturated/α-hetero) is 1. The maximum Gasteiger partial charge on any atom is 0.407 e. The molecule has 33 heavy (non-hydrogen) atoms. The van der Waals surface area contributed by atoms with E-state index in [-0.39, 0.29) is 12.5 Å². The van der Waals surface area contributed by atoms with E-state index in [0.29, 0.717) is 0 Å². The predicted molar refractivity (Wildman–Crippen MR) is 111 cm³/mol. The molecule has 0 spiro atoms. The van der Waals surface area contributed by atoms with E-state index in [0.717, 1.165) is 22.3 Å². The summed E-state index contributed by atoms with van der Waals surface area (Å²) in [5, 5.41) is 10.8.